The van der Waals surface area contributed by atoms with Gasteiger partial charge >= 0.3 is 0 Å². The van der Waals surface area contributed by atoms with Gasteiger partial charge in [0.2, 0.25) is 0 Å². The second-order valence-corrected chi connectivity index (χ2v) is 5.46. The molecule has 0 amide bonds. The third kappa shape index (κ3) is 5.29. The SMILES string of the molecule is Cc1cc(F)ccc1CC(N)COC(C)(C)C. The minimum atomic E-state index is -0.203. The van der Waals surface area contributed by atoms with Crippen LogP contribution in [0.5, 0.6) is 0 Å². The molecule has 0 fully saturated rings. The van der Waals surface area contributed by atoms with Crippen LogP contribution in [0.15, 0.2) is 18.2 Å². The van der Waals surface area contributed by atoms with Crippen LogP contribution in [0.1, 0.15) is 31.9 Å². The van der Waals surface area contributed by atoms with Crippen molar-refractivity contribution in [1.82, 2.24) is 0 Å². The van der Waals surface area contributed by atoms with Gasteiger partial charge in [0.1, 0.15) is 5.82 Å². The first kappa shape index (κ1) is 14.1. The number of hydrogen-bond acceptors (Lipinski definition) is 2. The van der Waals surface area contributed by atoms with Gasteiger partial charge in [0.25, 0.3) is 0 Å². The molecule has 0 aliphatic heterocycles. The molecule has 0 aliphatic carbocycles. The summed E-state index contributed by atoms with van der Waals surface area (Å²) in [4.78, 5) is 0. The minimum absolute atomic E-state index is 0.0570. The van der Waals surface area contributed by atoms with Gasteiger partial charge in [0, 0.05) is 6.04 Å². The van der Waals surface area contributed by atoms with Crippen LogP contribution in [0.2, 0.25) is 0 Å². The molecular weight excluding hydrogens is 217 g/mol. The Morgan fingerprint density at radius 2 is 2.00 bits per heavy atom. The smallest absolute Gasteiger partial charge is 0.123 e. The molecule has 0 aromatic heterocycles. The number of aryl methyl sites for hydroxylation is 1. The maximum Gasteiger partial charge on any atom is 0.123 e. The highest BCUT2D eigenvalue weighted by Gasteiger charge is 2.13. The Kier molecular flexibility index (Phi) is 4.66. The summed E-state index contributed by atoms with van der Waals surface area (Å²) < 4.78 is 18.6. The van der Waals surface area contributed by atoms with E-state index in [1.807, 2.05) is 27.7 Å². The molecule has 0 bridgehead atoms. The second-order valence-electron chi connectivity index (χ2n) is 5.46. The molecule has 0 saturated heterocycles. The zero-order valence-electron chi connectivity index (χ0n) is 11.1. The Labute approximate surface area is 103 Å². The fraction of sp³-hybridized carbons (Fsp3) is 0.571. The van der Waals surface area contributed by atoms with E-state index < -0.39 is 0 Å². The molecule has 0 radical (unpaired) electrons. The molecule has 0 heterocycles. The van der Waals surface area contributed by atoms with Crippen LogP contribution >= 0.6 is 0 Å². The maximum atomic E-state index is 12.9. The normalized spacial score (nSPS) is 13.8. The second kappa shape index (κ2) is 5.61. The number of hydrogen-bond donors (Lipinski definition) is 1. The van der Waals surface area contributed by atoms with Gasteiger partial charge in [0.05, 0.1) is 12.2 Å². The number of halogens is 1. The maximum absolute atomic E-state index is 12.9. The summed E-state index contributed by atoms with van der Waals surface area (Å²) in [5.41, 5.74) is 7.85. The van der Waals surface area contributed by atoms with E-state index in [0.29, 0.717) is 13.0 Å². The van der Waals surface area contributed by atoms with E-state index in [0.717, 1.165) is 11.1 Å². The first-order chi connectivity index (χ1) is 7.78. The Balaban J connectivity index is 2.53. The lowest BCUT2D eigenvalue weighted by Gasteiger charge is -2.22. The molecule has 2 N–H and O–H groups in total. The van der Waals surface area contributed by atoms with Gasteiger partial charge in [-0.3, -0.25) is 0 Å². The Hall–Kier alpha value is -0.930. The number of ether oxygens (including phenoxy) is 1. The average Bonchev–Trinajstić information content (AvgIpc) is 2.18. The van der Waals surface area contributed by atoms with E-state index in [2.05, 4.69) is 0 Å². The van der Waals surface area contributed by atoms with E-state index >= 15 is 0 Å². The van der Waals surface area contributed by atoms with Crippen LogP contribution < -0.4 is 5.73 Å². The van der Waals surface area contributed by atoms with Crippen LogP contribution in [0, 0.1) is 12.7 Å². The molecule has 1 rings (SSSR count). The Morgan fingerprint density at radius 3 is 2.53 bits per heavy atom. The molecule has 1 atom stereocenters. The van der Waals surface area contributed by atoms with Gasteiger partial charge in [-0.2, -0.15) is 0 Å². The first-order valence-electron chi connectivity index (χ1n) is 5.92. The molecule has 2 nitrogen and oxygen atoms in total. The molecular formula is C14H22FNO. The van der Waals surface area contributed by atoms with Crippen molar-refractivity contribution >= 4 is 0 Å². The van der Waals surface area contributed by atoms with Crippen LogP contribution in [-0.4, -0.2) is 18.2 Å². The van der Waals surface area contributed by atoms with Gasteiger partial charge in [-0.1, -0.05) is 6.07 Å². The van der Waals surface area contributed by atoms with Gasteiger partial charge in [-0.05, 0) is 57.4 Å². The predicted octanol–water partition coefficient (Wildman–Crippen LogP) is 2.82. The summed E-state index contributed by atoms with van der Waals surface area (Å²) in [7, 11) is 0. The largest absolute Gasteiger partial charge is 0.374 e. The van der Waals surface area contributed by atoms with Crippen molar-refractivity contribution in [2.24, 2.45) is 5.73 Å². The van der Waals surface area contributed by atoms with Crippen molar-refractivity contribution in [3.63, 3.8) is 0 Å². The fourth-order valence-corrected chi connectivity index (χ4v) is 1.59. The lowest BCUT2D eigenvalue weighted by Crippen LogP contribution is -2.33. The lowest BCUT2D eigenvalue weighted by molar-refractivity contribution is -0.00984. The molecule has 1 aromatic rings. The highest BCUT2D eigenvalue weighted by atomic mass is 19.1. The summed E-state index contributed by atoms with van der Waals surface area (Å²) in [5, 5.41) is 0. The van der Waals surface area contributed by atoms with Gasteiger partial charge in [-0.15, -0.1) is 0 Å². The summed E-state index contributed by atoms with van der Waals surface area (Å²) >= 11 is 0. The van der Waals surface area contributed by atoms with E-state index in [1.54, 1.807) is 6.07 Å². The Bertz CT molecular complexity index is 371. The molecule has 0 spiro atoms. The molecule has 1 unspecified atom stereocenters. The average molecular weight is 239 g/mol. The number of nitrogens with two attached hydrogens (primary N) is 1. The lowest BCUT2D eigenvalue weighted by atomic mass is 10.0. The predicted molar refractivity (Wildman–Crippen MR) is 68.5 cm³/mol. The summed E-state index contributed by atoms with van der Waals surface area (Å²) in [6, 6.07) is 4.74. The quantitative estimate of drug-likeness (QED) is 0.877. The van der Waals surface area contributed by atoms with Crippen molar-refractivity contribution in [1.29, 1.82) is 0 Å². The van der Waals surface area contributed by atoms with Crippen molar-refractivity contribution in [2.45, 2.75) is 45.8 Å². The molecule has 0 aliphatic rings. The minimum Gasteiger partial charge on any atom is -0.374 e. The van der Waals surface area contributed by atoms with Gasteiger partial charge < -0.3 is 10.5 Å². The molecule has 0 saturated carbocycles. The van der Waals surface area contributed by atoms with Crippen molar-refractivity contribution in [2.75, 3.05) is 6.61 Å². The van der Waals surface area contributed by atoms with Gasteiger partial charge in [0.15, 0.2) is 0 Å². The standard InChI is InChI=1S/C14H22FNO/c1-10-7-12(15)6-5-11(10)8-13(16)9-17-14(2,3)4/h5-7,13H,8-9,16H2,1-4H3. The van der Waals surface area contributed by atoms with Crippen LogP contribution in [-0.2, 0) is 11.2 Å². The van der Waals surface area contributed by atoms with E-state index in [-0.39, 0.29) is 17.5 Å². The monoisotopic (exact) mass is 239 g/mol. The summed E-state index contributed by atoms with van der Waals surface area (Å²) in [6.45, 7) is 8.42. The van der Waals surface area contributed by atoms with Crippen molar-refractivity contribution in [3.05, 3.63) is 35.1 Å². The Morgan fingerprint density at radius 1 is 1.35 bits per heavy atom. The topological polar surface area (TPSA) is 35.2 Å². The van der Waals surface area contributed by atoms with Crippen molar-refractivity contribution in [3.8, 4) is 0 Å². The third-order valence-electron chi connectivity index (χ3n) is 2.52. The zero-order valence-corrected chi connectivity index (χ0v) is 11.1. The van der Waals surface area contributed by atoms with Crippen LogP contribution in [0.25, 0.3) is 0 Å². The fourth-order valence-electron chi connectivity index (χ4n) is 1.59. The van der Waals surface area contributed by atoms with E-state index in [4.69, 9.17) is 10.5 Å². The molecule has 1 aromatic carbocycles. The third-order valence-corrected chi connectivity index (χ3v) is 2.52. The molecule has 96 valence electrons. The van der Waals surface area contributed by atoms with Crippen LogP contribution in [0.3, 0.4) is 0 Å². The van der Waals surface area contributed by atoms with E-state index in [9.17, 15) is 4.39 Å². The highest BCUT2D eigenvalue weighted by Crippen LogP contribution is 2.13. The summed E-state index contributed by atoms with van der Waals surface area (Å²) in [5.74, 6) is -0.203. The summed E-state index contributed by atoms with van der Waals surface area (Å²) in [6.07, 6.45) is 0.711. The molecule has 3 heteroatoms. The van der Waals surface area contributed by atoms with E-state index in [1.165, 1.54) is 12.1 Å². The van der Waals surface area contributed by atoms with Crippen LogP contribution in [0.4, 0.5) is 4.39 Å². The number of benzene rings is 1. The number of rotatable bonds is 4. The first-order valence-corrected chi connectivity index (χ1v) is 5.92. The van der Waals surface area contributed by atoms with Crippen molar-refractivity contribution < 1.29 is 9.13 Å². The highest BCUT2D eigenvalue weighted by molar-refractivity contribution is 5.27. The zero-order chi connectivity index (χ0) is 13.1. The molecule has 17 heavy (non-hydrogen) atoms. The van der Waals surface area contributed by atoms with Gasteiger partial charge in [-0.25, -0.2) is 4.39 Å².